The van der Waals surface area contributed by atoms with Crippen LogP contribution in [0.25, 0.3) is 0 Å². The second kappa shape index (κ2) is 4.20. The molecule has 0 aromatic carbocycles. The van der Waals surface area contributed by atoms with Crippen molar-refractivity contribution in [3.63, 3.8) is 0 Å². The normalized spacial score (nSPS) is 36.6. The summed E-state index contributed by atoms with van der Waals surface area (Å²) >= 11 is 0. The minimum atomic E-state index is -1.72. The molecule has 1 aliphatic heterocycles. The third kappa shape index (κ3) is 1.86. The van der Waals surface area contributed by atoms with Crippen molar-refractivity contribution in [2.75, 3.05) is 6.61 Å². The number of carbonyl (C=O) groups is 1. The van der Waals surface area contributed by atoms with Crippen LogP contribution < -0.4 is 0 Å². The van der Waals surface area contributed by atoms with Gasteiger partial charge in [-0.2, -0.15) is 0 Å². The van der Waals surface area contributed by atoms with Crippen LogP contribution >= 0.6 is 0 Å². The van der Waals surface area contributed by atoms with E-state index in [0.29, 0.717) is 0 Å². The molecule has 0 spiro atoms. The number of esters is 1. The van der Waals surface area contributed by atoms with E-state index in [0.717, 1.165) is 0 Å². The molecule has 1 rings (SSSR count). The van der Waals surface area contributed by atoms with Crippen LogP contribution in [0.15, 0.2) is 0 Å². The first kappa shape index (κ1) is 11.3. The highest BCUT2D eigenvalue weighted by Crippen LogP contribution is 2.20. The number of carbonyl (C=O) groups excluding carboxylic acids is 1. The minimum Gasteiger partial charge on any atom is -0.455 e. The molecule has 0 unspecified atom stereocenters. The van der Waals surface area contributed by atoms with Crippen molar-refractivity contribution in [1.29, 1.82) is 0 Å². The summed E-state index contributed by atoms with van der Waals surface area (Å²) in [4.78, 5) is 10.7. The third-order valence-electron chi connectivity index (χ3n) is 2.07. The Bertz CT molecular complexity index is 218. The van der Waals surface area contributed by atoms with Gasteiger partial charge in [-0.3, -0.25) is 0 Å². The van der Waals surface area contributed by atoms with Crippen LogP contribution in [0.1, 0.15) is 0 Å². The van der Waals surface area contributed by atoms with E-state index < -0.39 is 43.1 Å². The Morgan fingerprint density at radius 1 is 1.36 bits per heavy atom. The fourth-order valence-corrected chi connectivity index (χ4v) is 1.19. The summed E-state index contributed by atoms with van der Waals surface area (Å²) in [6, 6.07) is 0. The van der Waals surface area contributed by atoms with Gasteiger partial charge in [-0.05, 0) is 0 Å². The van der Waals surface area contributed by atoms with Crippen LogP contribution in [0, 0.1) is 0 Å². The molecule has 0 radical (unpaired) electrons. The van der Waals surface area contributed by atoms with Gasteiger partial charge in [0.25, 0.3) is 0 Å². The second-order valence-electron chi connectivity index (χ2n) is 3.08. The van der Waals surface area contributed by atoms with Crippen LogP contribution in [0.2, 0.25) is 0 Å². The standard InChI is InChI=1S/C7H12O7/c8-1-2(9)3(10)6-4(11)5(12)7(13)14-6/h2-6,8-12H,1H2/t2-,3+,4-,5-,6-/m1/s1. The Morgan fingerprint density at radius 3 is 2.29 bits per heavy atom. The van der Waals surface area contributed by atoms with Gasteiger partial charge in [-0.15, -0.1) is 0 Å². The van der Waals surface area contributed by atoms with Crippen LogP contribution in [0.4, 0.5) is 0 Å². The number of ether oxygens (including phenoxy) is 1. The average molecular weight is 208 g/mol. The lowest BCUT2D eigenvalue weighted by Crippen LogP contribution is -2.46. The fourth-order valence-electron chi connectivity index (χ4n) is 1.19. The molecule has 5 atom stereocenters. The van der Waals surface area contributed by atoms with Gasteiger partial charge in [0.15, 0.2) is 12.2 Å². The van der Waals surface area contributed by atoms with Crippen LogP contribution in [0.5, 0.6) is 0 Å². The highest BCUT2D eigenvalue weighted by molar-refractivity contribution is 5.77. The smallest absolute Gasteiger partial charge is 0.338 e. The molecule has 0 aromatic rings. The summed E-state index contributed by atoms with van der Waals surface area (Å²) in [6.45, 7) is -0.738. The lowest BCUT2D eigenvalue weighted by Gasteiger charge is -2.23. The number of cyclic esters (lactones) is 1. The zero-order chi connectivity index (χ0) is 10.9. The van der Waals surface area contributed by atoms with Gasteiger partial charge in [0.1, 0.15) is 18.3 Å². The van der Waals surface area contributed by atoms with Crippen LogP contribution in [-0.4, -0.2) is 68.6 Å². The molecule has 7 nitrogen and oxygen atoms in total. The molecule has 5 N–H and O–H groups in total. The molecule has 7 heteroatoms. The average Bonchev–Trinajstić information content (AvgIpc) is 2.43. The van der Waals surface area contributed by atoms with E-state index in [2.05, 4.69) is 4.74 Å². The Labute approximate surface area is 79.2 Å². The molecule has 0 aromatic heterocycles. The van der Waals surface area contributed by atoms with Crippen molar-refractivity contribution in [2.45, 2.75) is 30.5 Å². The first-order chi connectivity index (χ1) is 6.49. The van der Waals surface area contributed by atoms with Gasteiger partial charge >= 0.3 is 5.97 Å². The van der Waals surface area contributed by atoms with Crippen LogP contribution in [0.3, 0.4) is 0 Å². The van der Waals surface area contributed by atoms with E-state index in [4.69, 9.17) is 15.3 Å². The Hall–Kier alpha value is -0.730. The maximum Gasteiger partial charge on any atom is 0.338 e. The molecular weight excluding hydrogens is 196 g/mol. The number of rotatable bonds is 3. The van der Waals surface area contributed by atoms with E-state index in [9.17, 15) is 15.0 Å². The van der Waals surface area contributed by atoms with Crippen LogP contribution in [-0.2, 0) is 9.53 Å². The molecule has 1 heterocycles. The molecule has 0 aliphatic carbocycles. The van der Waals surface area contributed by atoms with Crippen molar-refractivity contribution in [3.8, 4) is 0 Å². The summed E-state index contributed by atoms with van der Waals surface area (Å²) in [7, 11) is 0. The quantitative estimate of drug-likeness (QED) is 0.302. The third-order valence-corrected chi connectivity index (χ3v) is 2.07. The maximum absolute atomic E-state index is 10.7. The largest absolute Gasteiger partial charge is 0.455 e. The van der Waals surface area contributed by atoms with Crippen molar-refractivity contribution < 1.29 is 35.1 Å². The van der Waals surface area contributed by atoms with Crippen molar-refractivity contribution in [1.82, 2.24) is 0 Å². The predicted octanol–water partition coefficient (Wildman–Crippen LogP) is -3.65. The summed E-state index contributed by atoms with van der Waals surface area (Å²) in [5.41, 5.74) is 0. The lowest BCUT2D eigenvalue weighted by molar-refractivity contribution is -0.155. The number of hydrogen-bond donors (Lipinski definition) is 5. The van der Waals surface area contributed by atoms with E-state index in [-0.39, 0.29) is 0 Å². The van der Waals surface area contributed by atoms with Gasteiger partial charge in [0.2, 0.25) is 0 Å². The van der Waals surface area contributed by atoms with Gasteiger partial charge < -0.3 is 30.3 Å². The maximum atomic E-state index is 10.7. The topological polar surface area (TPSA) is 127 Å². The number of aliphatic hydroxyl groups excluding tert-OH is 5. The molecule has 82 valence electrons. The number of hydrogen-bond acceptors (Lipinski definition) is 7. The molecule has 14 heavy (non-hydrogen) atoms. The molecule has 0 saturated carbocycles. The van der Waals surface area contributed by atoms with Gasteiger partial charge in [-0.1, -0.05) is 0 Å². The number of aliphatic hydroxyl groups is 5. The lowest BCUT2D eigenvalue weighted by atomic mass is 10.0. The molecule has 1 fully saturated rings. The SMILES string of the molecule is O=C1O[C@H]([C@@H](O)[C@H](O)CO)[C@H](O)[C@H]1O. The molecule has 1 saturated heterocycles. The van der Waals surface area contributed by atoms with Crippen molar-refractivity contribution >= 4 is 5.97 Å². The highest BCUT2D eigenvalue weighted by atomic mass is 16.6. The van der Waals surface area contributed by atoms with Crippen molar-refractivity contribution in [3.05, 3.63) is 0 Å². The minimum absolute atomic E-state index is 0.738. The zero-order valence-electron chi connectivity index (χ0n) is 7.15. The summed E-state index contributed by atoms with van der Waals surface area (Å²) in [5.74, 6) is -1.06. The highest BCUT2D eigenvalue weighted by Gasteiger charge is 2.47. The molecular formula is C7H12O7. The Morgan fingerprint density at radius 2 is 1.93 bits per heavy atom. The summed E-state index contributed by atoms with van der Waals surface area (Å²) in [5, 5.41) is 44.9. The fraction of sp³-hybridized carbons (Fsp3) is 0.857. The summed E-state index contributed by atoms with van der Waals surface area (Å²) in [6.07, 6.45) is -7.90. The van der Waals surface area contributed by atoms with Gasteiger partial charge in [0.05, 0.1) is 6.61 Å². The zero-order valence-corrected chi connectivity index (χ0v) is 7.15. The van der Waals surface area contributed by atoms with E-state index in [1.807, 2.05) is 0 Å². The van der Waals surface area contributed by atoms with Gasteiger partial charge in [-0.25, -0.2) is 4.79 Å². The summed E-state index contributed by atoms with van der Waals surface area (Å²) < 4.78 is 4.41. The second-order valence-corrected chi connectivity index (χ2v) is 3.08. The van der Waals surface area contributed by atoms with E-state index in [1.54, 1.807) is 0 Å². The van der Waals surface area contributed by atoms with Gasteiger partial charge in [0, 0.05) is 0 Å². The monoisotopic (exact) mass is 208 g/mol. The molecule has 1 aliphatic rings. The van der Waals surface area contributed by atoms with E-state index >= 15 is 0 Å². The Balaban J connectivity index is 2.66. The van der Waals surface area contributed by atoms with E-state index in [1.165, 1.54) is 0 Å². The Kier molecular flexibility index (Phi) is 3.40. The predicted molar refractivity (Wildman–Crippen MR) is 41.0 cm³/mol. The molecule has 0 amide bonds. The van der Waals surface area contributed by atoms with Crippen molar-refractivity contribution in [2.24, 2.45) is 0 Å². The first-order valence-corrected chi connectivity index (χ1v) is 4.02. The molecule has 0 bridgehead atoms. The first-order valence-electron chi connectivity index (χ1n) is 4.02.